The average Bonchev–Trinajstić information content (AvgIpc) is 2.38. The molecule has 0 aliphatic carbocycles. The lowest BCUT2D eigenvalue weighted by Gasteiger charge is -2.25. The Hall–Kier alpha value is -0.170. The van der Waals surface area contributed by atoms with E-state index in [2.05, 4.69) is 5.32 Å². The minimum Gasteiger partial charge on any atom is -0.383 e. The molecule has 0 aromatic carbocycles. The topological polar surface area (TPSA) is 58.6 Å². The van der Waals surface area contributed by atoms with Gasteiger partial charge in [0.25, 0.3) is 0 Å². The van der Waals surface area contributed by atoms with Crippen LogP contribution in [-0.2, 0) is 14.8 Å². The summed E-state index contributed by atoms with van der Waals surface area (Å²) in [6, 6.07) is 0.370. The van der Waals surface area contributed by atoms with Crippen LogP contribution in [0.3, 0.4) is 0 Å². The molecule has 0 bridgehead atoms. The van der Waals surface area contributed by atoms with Crippen molar-refractivity contribution in [1.82, 2.24) is 9.62 Å². The Labute approximate surface area is 111 Å². The quantitative estimate of drug-likeness (QED) is 0.714. The molecule has 108 valence electrons. The Morgan fingerprint density at radius 3 is 2.72 bits per heavy atom. The van der Waals surface area contributed by atoms with Gasteiger partial charge in [0, 0.05) is 26.2 Å². The molecule has 1 fully saturated rings. The minimum absolute atomic E-state index is 0.238. The fourth-order valence-corrected chi connectivity index (χ4v) is 3.86. The molecule has 0 aromatic heterocycles. The van der Waals surface area contributed by atoms with E-state index in [0.29, 0.717) is 32.2 Å². The fourth-order valence-electron chi connectivity index (χ4n) is 2.28. The van der Waals surface area contributed by atoms with Crippen molar-refractivity contribution in [2.75, 3.05) is 39.1 Å². The summed E-state index contributed by atoms with van der Waals surface area (Å²) in [6.07, 6.45) is 4.22. The number of hydrogen-bond acceptors (Lipinski definition) is 4. The first-order valence-corrected chi connectivity index (χ1v) is 8.41. The summed E-state index contributed by atoms with van der Waals surface area (Å²) in [7, 11) is -1.54. The highest BCUT2D eigenvalue weighted by atomic mass is 32.2. The van der Waals surface area contributed by atoms with Crippen LogP contribution in [0.5, 0.6) is 0 Å². The third-order valence-corrected chi connectivity index (χ3v) is 5.41. The molecule has 1 aliphatic rings. The summed E-state index contributed by atoms with van der Waals surface area (Å²) in [6.45, 7) is 4.31. The molecule has 1 unspecified atom stereocenters. The van der Waals surface area contributed by atoms with Gasteiger partial charge in [0.1, 0.15) is 0 Å². The average molecular weight is 278 g/mol. The van der Waals surface area contributed by atoms with Crippen LogP contribution in [-0.4, -0.2) is 57.9 Å². The molecular formula is C12H26N2O3S. The van der Waals surface area contributed by atoms with E-state index in [9.17, 15) is 8.42 Å². The number of methoxy groups -OCH3 is 1. The predicted molar refractivity (Wildman–Crippen MR) is 73.2 cm³/mol. The van der Waals surface area contributed by atoms with Gasteiger partial charge in [-0.05, 0) is 25.8 Å². The third-order valence-electron chi connectivity index (χ3n) is 3.43. The molecule has 0 radical (unpaired) electrons. The Balaban J connectivity index is 2.40. The zero-order valence-electron chi connectivity index (χ0n) is 11.5. The lowest BCUT2D eigenvalue weighted by molar-refractivity contribution is 0.180. The van der Waals surface area contributed by atoms with Gasteiger partial charge in [0.15, 0.2) is 0 Å². The molecule has 1 N–H and O–H groups in total. The molecular weight excluding hydrogens is 252 g/mol. The van der Waals surface area contributed by atoms with Gasteiger partial charge in [-0.1, -0.05) is 13.3 Å². The summed E-state index contributed by atoms with van der Waals surface area (Å²) in [5, 5.41) is 3.38. The van der Waals surface area contributed by atoms with Gasteiger partial charge in [0.05, 0.1) is 12.4 Å². The van der Waals surface area contributed by atoms with E-state index in [-0.39, 0.29) is 5.75 Å². The third kappa shape index (κ3) is 5.22. The lowest BCUT2D eigenvalue weighted by Crippen LogP contribution is -2.39. The zero-order chi connectivity index (χ0) is 13.4. The molecule has 0 aromatic rings. The summed E-state index contributed by atoms with van der Waals surface area (Å²) in [5.41, 5.74) is 0. The van der Waals surface area contributed by atoms with Gasteiger partial charge >= 0.3 is 0 Å². The SMILES string of the molecule is CCN(CCOC)S(=O)(=O)CCC1CCCCN1. The smallest absolute Gasteiger partial charge is 0.214 e. The molecule has 1 aliphatic heterocycles. The van der Waals surface area contributed by atoms with Crippen LogP contribution in [0.15, 0.2) is 0 Å². The molecule has 0 spiro atoms. The van der Waals surface area contributed by atoms with Crippen molar-refractivity contribution in [1.29, 1.82) is 0 Å². The largest absolute Gasteiger partial charge is 0.383 e. The first-order chi connectivity index (χ1) is 8.60. The van der Waals surface area contributed by atoms with E-state index >= 15 is 0 Å². The second-order valence-electron chi connectivity index (χ2n) is 4.74. The number of piperidine rings is 1. The van der Waals surface area contributed by atoms with E-state index in [4.69, 9.17) is 4.74 Å². The van der Waals surface area contributed by atoms with E-state index < -0.39 is 10.0 Å². The Kier molecular flexibility index (Phi) is 7.14. The molecule has 1 atom stereocenters. The van der Waals surface area contributed by atoms with Crippen LogP contribution in [0.4, 0.5) is 0 Å². The van der Waals surface area contributed by atoms with Crippen LogP contribution in [0.2, 0.25) is 0 Å². The molecule has 0 amide bonds. The summed E-state index contributed by atoms with van der Waals surface area (Å²) >= 11 is 0. The number of likely N-dealkylation sites (N-methyl/N-ethyl adjacent to an activating group) is 1. The van der Waals surface area contributed by atoms with E-state index in [1.165, 1.54) is 17.1 Å². The van der Waals surface area contributed by atoms with Crippen molar-refractivity contribution in [2.45, 2.75) is 38.6 Å². The Morgan fingerprint density at radius 2 is 2.17 bits per heavy atom. The molecule has 0 saturated carbocycles. The van der Waals surface area contributed by atoms with Gasteiger partial charge in [-0.2, -0.15) is 4.31 Å². The van der Waals surface area contributed by atoms with E-state index in [1.54, 1.807) is 7.11 Å². The van der Waals surface area contributed by atoms with Gasteiger partial charge in [-0.15, -0.1) is 0 Å². The number of nitrogens with one attached hydrogen (secondary N) is 1. The van der Waals surface area contributed by atoms with Gasteiger partial charge in [-0.3, -0.25) is 0 Å². The normalized spacial score (nSPS) is 21.4. The predicted octanol–water partition coefficient (Wildman–Crippen LogP) is 0.817. The zero-order valence-corrected chi connectivity index (χ0v) is 12.3. The highest BCUT2D eigenvalue weighted by Gasteiger charge is 2.22. The number of ether oxygens (including phenoxy) is 1. The fraction of sp³-hybridized carbons (Fsp3) is 1.00. The number of hydrogen-bond donors (Lipinski definition) is 1. The summed E-state index contributed by atoms with van der Waals surface area (Å²) in [5.74, 6) is 0.238. The Bertz CT molecular complexity index is 313. The maximum absolute atomic E-state index is 12.2. The highest BCUT2D eigenvalue weighted by Crippen LogP contribution is 2.12. The molecule has 1 saturated heterocycles. The summed E-state index contributed by atoms with van der Waals surface area (Å²) < 4.78 is 30.8. The second-order valence-corrected chi connectivity index (χ2v) is 6.82. The second kappa shape index (κ2) is 8.09. The van der Waals surface area contributed by atoms with Gasteiger partial charge < -0.3 is 10.1 Å². The molecule has 6 heteroatoms. The summed E-state index contributed by atoms with van der Waals surface area (Å²) in [4.78, 5) is 0. The van der Waals surface area contributed by atoms with Crippen molar-refractivity contribution >= 4 is 10.0 Å². The number of nitrogens with zero attached hydrogens (tertiary/aromatic N) is 1. The molecule has 1 heterocycles. The van der Waals surface area contributed by atoms with Crippen LogP contribution in [0.25, 0.3) is 0 Å². The van der Waals surface area contributed by atoms with Crippen molar-refractivity contribution in [3.05, 3.63) is 0 Å². The first-order valence-electron chi connectivity index (χ1n) is 6.80. The highest BCUT2D eigenvalue weighted by molar-refractivity contribution is 7.89. The van der Waals surface area contributed by atoms with Crippen LogP contribution >= 0.6 is 0 Å². The van der Waals surface area contributed by atoms with E-state index in [0.717, 1.165) is 13.0 Å². The minimum atomic E-state index is -3.13. The monoisotopic (exact) mass is 278 g/mol. The van der Waals surface area contributed by atoms with Gasteiger partial charge in [0.2, 0.25) is 10.0 Å². The molecule has 18 heavy (non-hydrogen) atoms. The Morgan fingerprint density at radius 1 is 1.39 bits per heavy atom. The van der Waals surface area contributed by atoms with Crippen LogP contribution < -0.4 is 5.32 Å². The lowest BCUT2D eigenvalue weighted by atomic mass is 10.0. The van der Waals surface area contributed by atoms with Crippen molar-refractivity contribution in [3.63, 3.8) is 0 Å². The maximum Gasteiger partial charge on any atom is 0.214 e. The van der Waals surface area contributed by atoms with Crippen molar-refractivity contribution < 1.29 is 13.2 Å². The standard InChI is InChI=1S/C12H26N2O3S/c1-3-14(9-10-17-2)18(15,16)11-7-12-6-4-5-8-13-12/h12-13H,3-11H2,1-2H3. The van der Waals surface area contributed by atoms with Crippen molar-refractivity contribution in [3.8, 4) is 0 Å². The molecule has 5 nitrogen and oxygen atoms in total. The maximum atomic E-state index is 12.2. The van der Waals surface area contributed by atoms with Crippen LogP contribution in [0.1, 0.15) is 32.6 Å². The van der Waals surface area contributed by atoms with E-state index in [1.807, 2.05) is 6.92 Å². The van der Waals surface area contributed by atoms with Gasteiger partial charge in [-0.25, -0.2) is 8.42 Å². The molecule has 1 rings (SSSR count). The number of sulfonamides is 1. The van der Waals surface area contributed by atoms with Crippen LogP contribution in [0, 0.1) is 0 Å². The first kappa shape index (κ1) is 15.9. The number of rotatable bonds is 8. The van der Waals surface area contributed by atoms with Crippen molar-refractivity contribution in [2.24, 2.45) is 0 Å².